The molecule has 7 nitrogen and oxygen atoms in total. The predicted molar refractivity (Wildman–Crippen MR) is 115 cm³/mol. The zero-order valence-corrected chi connectivity index (χ0v) is 18.6. The van der Waals surface area contributed by atoms with Gasteiger partial charge in [-0.25, -0.2) is 18.6 Å². The fraction of sp³-hybridized carbons (Fsp3) is 0.318. The summed E-state index contributed by atoms with van der Waals surface area (Å²) in [5, 5.41) is 0.752. The summed E-state index contributed by atoms with van der Waals surface area (Å²) in [6.07, 6.45) is 0.829. The molecule has 32 heavy (non-hydrogen) atoms. The van der Waals surface area contributed by atoms with Crippen molar-refractivity contribution in [2.24, 2.45) is 5.73 Å². The second kappa shape index (κ2) is 11.1. The number of amides is 1. The van der Waals surface area contributed by atoms with Crippen LogP contribution in [0.15, 0.2) is 52.5 Å². The molecule has 3 aromatic rings. The van der Waals surface area contributed by atoms with E-state index in [2.05, 4.69) is 9.72 Å². The van der Waals surface area contributed by atoms with Crippen LogP contribution < -0.4 is 5.73 Å². The van der Waals surface area contributed by atoms with Crippen molar-refractivity contribution in [2.45, 2.75) is 42.8 Å². The zero-order chi connectivity index (χ0) is 23.1. The average Bonchev–Trinajstić information content (AvgIpc) is 3.05. The minimum absolute atomic E-state index is 0.0253. The number of carbonyl (C=O) groups is 1. The molecule has 1 amide bonds. The Morgan fingerprint density at radius 2 is 1.94 bits per heavy atom. The van der Waals surface area contributed by atoms with Gasteiger partial charge in [0.15, 0.2) is 0 Å². The maximum atomic E-state index is 13.8. The molecule has 0 saturated carbocycles. The molecular formula is C22H24F2N4O3S. The third kappa shape index (κ3) is 6.51. The van der Waals surface area contributed by atoms with Crippen molar-refractivity contribution in [3.63, 3.8) is 0 Å². The fourth-order valence-corrected chi connectivity index (χ4v) is 4.21. The van der Waals surface area contributed by atoms with E-state index in [1.807, 2.05) is 36.6 Å². The van der Waals surface area contributed by atoms with Crippen molar-refractivity contribution in [3.8, 4) is 0 Å². The van der Waals surface area contributed by atoms with Crippen LogP contribution in [0.4, 0.5) is 13.6 Å². The molecule has 2 N–H and O–H groups in total. The fourth-order valence-electron chi connectivity index (χ4n) is 2.98. The number of hydrogen-bond acceptors (Lipinski definition) is 6. The first-order valence-electron chi connectivity index (χ1n) is 9.96. The first-order valence-corrected chi connectivity index (χ1v) is 10.8. The van der Waals surface area contributed by atoms with Crippen molar-refractivity contribution in [2.75, 3.05) is 13.2 Å². The Morgan fingerprint density at radius 1 is 1.19 bits per heavy atom. The molecule has 0 aliphatic heterocycles. The molecule has 0 aliphatic carbocycles. The van der Waals surface area contributed by atoms with E-state index in [9.17, 15) is 13.6 Å². The minimum Gasteiger partial charge on any atom is -0.447 e. The van der Waals surface area contributed by atoms with E-state index in [-0.39, 0.29) is 25.7 Å². The summed E-state index contributed by atoms with van der Waals surface area (Å²) in [7, 11) is 0. The Kier molecular flexibility index (Phi) is 8.18. The van der Waals surface area contributed by atoms with Gasteiger partial charge in [-0.2, -0.15) is 0 Å². The van der Waals surface area contributed by atoms with Gasteiger partial charge in [-0.3, -0.25) is 4.98 Å². The van der Waals surface area contributed by atoms with Gasteiger partial charge >= 0.3 is 6.09 Å². The number of ether oxygens (including phenoxy) is 2. The number of nitrogens with zero attached hydrogens (tertiary/aromatic N) is 3. The molecule has 0 unspecified atom stereocenters. The van der Waals surface area contributed by atoms with Crippen LogP contribution in [0.5, 0.6) is 0 Å². The van der Waals surface area contributed by atoms with E-state index in [4.69, 9.17) is 15.5 Å². The summed E-state index contributed by atoms with van der Waals surface area (Å²) in [5.41, 5.74) is 6.53. The van der Waals surface area contributed by atoms with Gasteiger partial charge in [0.05, 0.1) is 24.5 Å². The van der Waals surface area contributed by atoms with Crippen molar-refractivity contribution in [1.82, 2.24) is 14.5 Å². The molecule has 0 radical (unpaired) electrons. The number of pyridine rings is 1. The van der Waals surface area contributed by atoms with Crippen LogP contribution in [0.25, 0.3) is 0 Å². The molecule has 2 aromatic heterocycles. The lowest BCUT2D eigenvalue weighted by molar-refractivity contribution is 0.0637. The first kappa shape index (κ1) is 23.7. The van der Waals surface area contributed by atoms with E-state index >= 15 is 0 Å². The van der Waals surface area contributed by atoms with E-state index in [0.29, 0.717) is 17.3 Å². The van der Waals surface area contributed by atoms with Gasteiger partial charge in [-0.15, -0.1) is 0 Å². The minimum atomic E-state index is -0.867. The lowest BCUT2D eigenvalue weighted by atomic mass is 10.1. The van der Waals surface area contributed by atoms with Crippen LogP contribution in [0.2, 0.25) is 0 Å². The summed E-state index contributed by atoms with van der Waals surface area (Å²) in [5.74, 6) is -0.615. The van der Waals surface area contributed by atoms with Gasteiger partial charge in [0.1, 0.15) is 35.7 Å². The van der Waals surface area contributed by atoms with E-state index in [1.54, 1.807) is 6.20 Å². The summed E-state index contributed by atoms with van der Waals surface area (Å²) in [6.45, 7) is 4.71. The summed E-state index contributed by atoms with van der Waals surface area (Å²) in [4.78, 5) is 20.3. The molecule has 0 atom stereocenters. The Hall–Kier alpha value is -2.98. The van der Waals surface area contributed by atoms with Crippen LogP contribution >= 0.6 is 11.8 Å². The summed E-state index contributed by atoms with van der Waals surface area (Å²) in [6, 6.07) is 9.00. The molecule has 1 aromatic carbocycles. The van der Waals surface area contributed by atoms with Crippen molar-refractivity contribution in [1.29, 1.82) is 0 Å². The second-order valence-electron chi connectivity index (χ2n) is 7.21. The van der Waals surface area contributed by atoms with Gasteiger partial charge in [0.25, 0.3) is 0 Å². The maximum absolute atomic E-state index is 13.8. The molecule has 10 heteroatoms. The van der Waals surface area contributed by atoms with Crippen LogP contribution in [0.3, 0.4) is 0 Å². The number of primary amides is 1. The Morgan fingerprint density at radius 3 is 2.56 bits per heavy atom. The van der Waals surface area contributed by atoms with Crippen molar-refractivity contribution < 1.29 is 23.0 Å². The van der Waals surface area contributed by atoms with Gasteiger partial charge in [-0.05, 0) is 30.2 Å². The van der Waals surface area contributed by atoms with Gasteiger partial charge < -0.3 is 19.8 Å². The molecule has 0 aliphatic rings. The number of halogens is 2. The molecule has 0 fully saturated rings. The highest BCUT2D eigenvalue weighted by molar-refractivity contribution is 7.99. The maximum Gasteiger partial charge on any atom is 0.404 e. The molecular weight excluding hydrogens is 438 g/mol. The highest BCUT2D eigenvalue weighted by Crippen LogP contribution is 2.36. The quantitative estimate of drug-likeness (QED) is 0.446. The third-order valence-electron chi connectivity index (χ3n) is 4.37. The van der Waals surface area contributed by atoms with E-state index < -0.39 is 17.7 Å². The van der Waals surface area contributed by atoms with Gasteiger partial charge in [0.2, 0.25) is 0 Å². The lowest BCUT2D eigenvalue weighted by Crippen LogP contribution is -2.17. The number of nitrogens with two attached hydrogens (primary N) is 1. The number of benzene rings is 1. The Bertz CT molecular complexity index is 1040. The van der Waals surface area contributed by atoms with Crippen LogP contribution in [0.1, 0.15) is 37.0 Å². The first-order chi connectivity index (χ1) is 15.3. The molecule has 170 valence electrons. The van der Waals surface area contributed by atoms with E-state index in [0.717, 1.165) is 22.5 Å². The smallest absolute Gasteiger partial charge is 0.404 e. The number of rotatable bonds is 10. The Balaban J connectivity index is 1.94. The second-order valence-corrected chi connectivity index (χ2v) is 8.27. The number of imidazole rings is 1. The SMILES string of the molecule is CC(C)c1nc(COCCOC(N)=O)n(Cc2ccccn2)c1Sc1cc(F)cc(F)c1. The number of carbonyl (C=O) groups excluding carboxylic acids is 1. The number of hydrogen-bond donors (Lipinski definition) is 1. The molecule has 0 saturated heterocycles. The topological polar surface area (TPSA) is 92.3 Å². The lowest BCUT2D eigenvalue weighted by Gasteiger charge is -2.13. The normalized spacial score (nSPS) is 11.2. The van der Waals surface area contributed by atoms with Crippen molar-refractivity contribution in [3.05, 3.63) is 71.4 Å². The van der Waals surface area contributed by atoms with Gasteiger partial charge in [-0.1, -0.05) is 31.7 Å². The highest BCUT2D eigenvalue weighted by Gasteiger charge is 2.21. The average molecular weight is 463 g/mol. The molecule has 3 rings (SSSR count). The summed E-state index contributed by atoms with van der Waals surface area (Å²) >= 11 is 1.24. The molecule has 0 spiro atoms. The predicted octanol–water partition coefficient (Wildman–Crippen LogP) is 4.49. The monoisotopic (exact) mass is 462 g/mol. The third-order valence-corrected chi connectivity index (χ3v) is 5.47. The standard InChI is InChI=1S/C22H24F2N4O3S/c1-14(2)20-21(32-18-10-15(23)9-16(24)11-18)28(12-17-5-3-4-6-26-17)19(27-20)13-30-7-8-31-22(25)29/h3-6,9-11,14H,7-8,12-13H2,1-2H3,(H2,25,29). The van der Waals surface area contributed by atoms with Crippen molar-refractivity contribution >= 4 is 17.9 Å². The molecule has 2 heterocycles. The zero-order valence-electron chi connectivity index (χ0n) is 17.8. The van der Waals surface area contributed by atoms with Gasteiger partial charge in [0, 0.05) is 17.2 Å². The van der Waals surface area contributed by atoms with Crippen LogP contribution in [-0.4, -0.2) is 33.8 Å². The summed E-state index contributed by atoms with van der Waals surface area (Å²) < 4.78 is 39.8. The van der Waals surface area contributed by atoms with Crippen LogP contribution in [-0.2, 0) is 22.6 Å². The number of aromatic nitrogens is 3. The highest BCUT2D eigenvalue weighted by atomic mass is 32.2. The molecule has 0 bridgehead atoms. The van der Waals surface area contributed by atoms with Crippen LogP contribution in [0, 0.1) is 11.6 Å². The largest absolute Gasteiger partial charge is 0.447 e. The Labute approximate surface area is 189 Å². The van der Waals surface area contributed by atoms with E-state index in [1.165, 1.54) is 23.9 Å².